The van der Waals surface area contributed by atoms with Gasteiger partial charge in [0.2, 0.25) is 0 Å². The molecule has 0 bridgehead atoms. The third-order valence-electron chi connectivity index (χ3n) is 3.25. The molecule has 1 aromatic rings. The second-order valence-corrected chi connectivity index (χ2v) is 25.5. The quantitative estimate of drug-likeness (QED) is 0.293. The summed E-state index contributed by atoms with van der Waals surface area (Å²) < 4.78 is 44.3. The number of hydrogen-bond acceptors (Lipinski definition) is 6. The average Bonchev–Trinajstić information content (AvgIpc) is 2.47. The van der Waals surface area contributed by atoms with Crippen molar-refractivity contribution in [3.05, 3.63) is 23.8 Å². The molecular formula is C18H37O6PSi3. The topological polar surface area (TPSA) is 63.2 Å². The number of para-hydroxylation sites is 1. The van der Waals surface area contributed by atoms with Gasteiger partial charge in [-0.3, -0.25) is 4.57 Å². The molecule has 1 aromatic carbocycles. The van der Waals surface area contributed by atoms with Crippen LogP contribution < -0.4 is 9.47 Å². The smallest absolute Gasteiger partial charge is 0.343 e. The van der Waals surface area contributed by atoms with E-state index in [9.17, 15) is 4.57 Å². The molecule has 0 heterocycles. The molecule has 0 saturated carbocycles. The molecule has 0 radical (unpaired) electrons. The zero-order valence-electron chi connectivity index (χ0n) is 19.2. The molecule has 6 nitrogen and oxygen atoms in total. The van der Waals surface area contributed by atoms with Gasteiger partial charge in [-0.2, -0.15) is 0 Å². The Balaban J connectivity index is 3.72. The fourth-order valence-corrected chi connectivity index (χ4v) is 12.8. The van der Waals surface area contributed by atoms with E-state index in [-0.39, 0.29) is 0 Å². The monoisotopic (exact) mass is 464 g/mol. The molecule has 162 valence electrons. The number of ether oxygens (including phenoxy) is 2. The fraction of sp³-hybridized carbons (Fsp3) is 0.667. The van der Waals surface area contributed by atoms with E-state index in [4.69, 9.17) is 22.3 Å². The van der Waals surface area contributed by atoms with Gasteiger partial charge in [0.1, 0.15) is 0 Å². The Morgan fingerprint density at radius 1 is 0.786 bits per heavy atom. The Labute approximate surface area is 173 Å². The minimum Gasteiger partial charge on any atom is -0.493 e. The van der Waals surface area contributed by atoms with Crippen LogP contribution in [0.25, 0.3) is 0 Å². The number of methoxy groups -OCH3 is 2. The Hall–Kier alpha value is -0.419. The Kier molecular flexibility index (Phi) is 8.38. The van der Waals surface area contributed by atoms with Gasteiger partial charge in [0.15, 0.2) is 42.3 Å². The first-order chi connectivity index (χ1) is 12.5. The van der Waals surface area contributed by atoms with Crippen molar-refractivity contribution in [2.24, 2.45) is 0 Å². The first-order valence-electron chi connectivity index (χ1n) is 9.41. The zero-order valence-corrected chi connectivity index (χ0v) is 23.1. The van der Waals surface area contributed by atoms with Crippen molar-refractivity contribution in [1.82, 2.24) is 0 Å². The maximum absolute atomic E-state index is 14.3. The number of hydrogen-bond donors (Lipinski definition) is 0. The molecule has 0 saturated heterocycles. The van der Waals surface area contributed by atoms with E-state index in [0.29, 0.717) is 17.1 Å². The number of rotatable bonds is 10. The predicted octanol–water partition coefficient (Wildman–Crippen LogP) is 6.45. The summed E-state index contributed by atoms with van der Waals surface area (Å²) in [4.78, 5) is 0. The van der Waals surface area contributed by atoms with Gasteiger partial charge in [-0.25, -0.2) is 0 Å². The van der Waals surface area contributed by atoms with E-state index >= 15 is 0 Å². The summed E-state index contributed by atoms with van der Waals surface area (Å²) in [5.74, 6) is 0.172. The molecule has 0 aliphatic rings. The molecule has 1 unspecified atom stereocenters. The first kappa shape index (κ1) is 25.6. The SMILES string of the molecule is COc1cccc(C(O[Si](C)(C)C)P(=O)(O[Si](C)(C)C)O[Si](C)(C)C)c1OC. The number of benzene rings is 1. The standard InChI is InChI=1S/C18H37O6PSi3/c1-20-16-14-12-13-15(17(16)21-2)18(22-26(3,4)5)25(19,23-27(6,7)8)24-28(9,10)11/h12-14,18H,1-11H3. The predicted molar refractivity (Wildman–Crippen MR) is 123 cm³/mol. The van der Waals surface area contributed by atoms with Crippen LogP contribution in [-0.4, -0.2) is 39.2 Å². The zero-order chi connectivity index (χ0) is 22.0. The lowest BCUT2D eigenvalue weighted by atomic mass is 10.2. The molecule has 1 rings (SSSR count). The van der Waals surface area contributed by atoms with Crippen LogP contribution in [0.15, 0.2) is 18.2 Å². The molecule has 0 aromatic heterocycles. The third-order valence-corrected chi connectivity index (χ3v) is 11.8. The molecule has 0 fully saturated rings. The average molecular weight is 465 g/mol. The van der Waals surface area contributed by atoms with E-state index in [1.165, 1.54) is 0 Å². The highest BCUT2D eigenvalue weighted by Gasteiger charge is 2.47. The lowest BCUT2D eigenvalue weighted by molar-refractivity contribution is 0.220. The van der Waals surface area contributed by atoms with Crippen LogP contribution in [0.5, 0.6) is 11.5 Å². The van der Waals surface area contributed by atoms with Gasteiger partial charge in [0.05, 0.1) is 14.2 Å². The van der Waals surface area contributed by atoms with Crippen molar-refractivity contribution in [2.75, 3.05) is 14.2 Å². The van der Waals surface area contributed by atoms with Gasteiger partial charge in [-0.15, -0.1) is 0 Å². The maximum atomic E-state index is 14.3. The van der Waals surface area contributed by atoms with Crippen LogP contribution >= 0.6 is 7.60 Å². The summed E-state index contributed by atoms with van der Waals surface area (Å²) in [7, 11) is -7.07. The van der Waals surface area contributed by atoms with Gasteiger partial charge >= 0.3 is 7.60 Å². The van der Waals surface area contributed by atoms with Crippen molar-refractivity contribution in [3.63, 3.8) is 0 Å². The molecular weight excluding hydrogens is 427 g/mol. The Morgan fingerprint density at radius 3 is 1.64 bits per heavy atom. The second-order valence-electron chi connectivity index (χ2n) is 9.61. The highest BCUT2D eigenvalue weighted by atomic mass is 31.2. The molecule has 0 aliphatic carbocycles. The minimum atomic E-state index is -3.66. The Morgan fingerprint density at radius 2 is 1.29 bits per heavy atom. The van der Waals surface area contributed by atoms with Crippen LogP contribution in [-0.2, 0) is 17.4 Å². The minimum absolute atomic E-state index is 0.492. The van der Waals surface area contributed by atoms with Crippen LogP contribution in [0.1, 0.15) is 11.4 Å². The Bertz CT molecular complexity index is 687. The van der Waals surface area contributed by atoms with Crippen molar-refractivity contribution < 1.29 is 26.9 Å². The molecule has 0 N–H and O–H groups in total. The molecule has 1 atom stereocenters. The summed E-state index contributed by atoms with van der Waals surface area (Å²) in [6, 6.07) is 5.49. The van der Waals surface area contributed by atoms with Gasteiger partial charge in [0, 0.05) is 5.56 Å². The van der Waals surface area contributed by atoms with Crippen molar-refractivity contribution in [1.29, 1.82) is 0 Å². The fourth-order valence-electron chi connectivity index (χ4n) is 2.62. The van der Waals surface area contributed by atoms with Gasteiger partial charge in [-0.05, 0) is 65.0 Å². The molecule has 0 amide bonds. The van der Waals surface area contributed by atoms with Gasteiger partial charge in [-0.1, -0.05) is 12.1 Å². The van der Waals surface area contributed by atoms with Crippen LogP contribution in [0, 0.1) is 0 Å². The van der Waals surface area contributed by atoms with E-state index < -0.39 is 38.4 Å². The van der Waals surface area contributed by atoms with Gasteiger partial charge < -0.3 is 22.3 Å². The normalized spacial score (nSPS) is 14.7. The largest absolute Gasteiger partial charge is 0.493 e. The van der Waals surface area contributed by atoms with Crippen molar-refractivity contribution >= 4 is 32.5 Å². The first-order valence-corrected chi connectivity index (χ1v) is 21.2. The van der Waals surface area contributed by atoms with Crippen LogP contribution in [0.4, 0.5) is 0 Å². The molecule has 0 aliphatic heterocycles. The lowest BCUT2D eigenvalue weighted by Crippen LogP contribution is -2.35. The van der Waals surface area contributed by atoms with E-state index in [1.54, 1.807) is 20.3 Å². The highest BCUT2D eigenvalue weighted by molar-refractivity contribution is 7.57. The summed E-state index contributed by atoms with van der Waals surface area (Å²) in [6.07, 6.45) is 0. The summed E-state index contributed by atoms with van der Waals surface area (Å²) in [5, 5.41) is 0. The highest BCUT2D eigenvalue weighted by Crippen LogP contribution is 2.66. The van der Waals surface area contributed by atoms with Crippen LogP contribution in [0.2, 0.25) is 58.9 Å². The van der Waals surface area contributed by atoms with E-state index in [0.717, 1.165) is 0 Å². The van der Waals surface area contributed by atoms with Crippen molar-refractivity contribution in [3.8, 4) is 11.5 Å². The van der Waals surface area contributed by atoms with Gasteiger partial charge in [0.25, 0.3) is 0 Å². The second kappa shape index (κ2) is 9.16. The third kappa shape index (κ3) is 7.78. The maximum Gasteiger partial charge on any atom is 0.343 e. The summed E-state index contributed by atoms with van der Waals surface area (Å²) in [6.45, 7) is 18.2. The van der Waals surface area contributed by atoms with E-state index in [1.807, 2.05) is 51.4 Å². The molecule has 28 heavy (non-hydrogen) atoms. The van der Waals surface area contributed by atoms with Crippen molar-refractivity contribution in [2.45, 2.75) is 64.8 Å². The summed E-state index contributed by atoms with van der Waals surface area (Å²) >= 11 is 0. The summed E-state index contributed by atoms with van der Waals surface area (Å²) in [5.41, 5.74) is 0.629. The lowest BCUT2D eigenvalue weighted by Gasteiger charge is -2.38. The molecule has 10 heteroatoms. The molecule has 0 spiro atoms. The van der Waals surface area contributed by atoms with E-state index in [2.05, 4.69) is 19.6 Å². The van der Waals surface area contributed by atoms with Crippen LogP contribution in [0.3, 0.4) is 0 Å².